The Kier molecular flexibility index (Phi) is 2.68. The van der Waals surface area contributed by atoms with E-state index in [4.69, 9.17) is 4.84 Å². The molecule has 0 radical (unpaired) electrons. The van der Waals surface area contributed by atoms with Gasteiger partial charge < -0.3 is 4.84 Å². The third-order valence-corrected chi connectivity index (χ3v) is 0.502. The Morgan fingerprint density at radius 3 is 1.78 bits per heavy atom. The highest BCUT2D eigenvalue weighted by molar-refractivity contribution is 5.78. The molecule has 0 aromatic heterocycles. The van der Waals surface area contributed by atoms with Crippen molar-refractivity contribution in [2.24, 2.45) is 5.16 Å². The minimum Gasteiger partial charge on any atom is -0.390 e. The van der Waals surface area contributed by atoms with Gasteiger partial charge in [-0.25, -0.2) is 0 Å². The summed E-state index contributed by atoms with van der Waals surface area (Å²) in [6.07, 6.45) is 0. The van der Waals surface area contributed by atoms with E-state index in [0.717, 1.165) is 5.71 Å². The van der Waals surface area contributed by atoms with Crippen LogP contribution in [0.15, 0.2) is 5.16 Å². The average molecular weight is 129 g/mol. The van der Waals surface area contributed by atoms with Gasteiger partial charge in [0, 0.05) is 0 Å². The van der Waals surface area contributed by atoms with Crippen LogP contribution < -0.4 is 0 Å². The molecule has 0 saturated heterocycles. The quantitative estimate of drug-likeness (QED) is 0.393. The molecule has 0 aliphatic heterocycles. The van der Waals surface area contributed by atoms with Crippen molar-refractivity contribution >= 4 is 5.71 Å². The summed E-state index contributed by atoms with van der Waals surface area (Å²) in [6.45, 7) is 9.73. The van der Waals surface area contributed by atoms with E-state index in [-0.39, 0.29) is 5.60 Å². The summed E-state index contributed by atoms with van der Waals surface area (Å²) in [4.78, 5) is 5.08. The van der Waals surface area contributed by atoms with Crippen molar-refractivity contribution in [3.8, 4) is 0 Å². The molecule has 2 nitrogen and oxygen atoms in total. The molecule has 0 heterocycles. The van der Waals surface area contributed by atoms with Crippen LogP contribution >= 0.6 is 0 Å². The average Bonchev–Trinajstić information content (AvgIpc) is 1.59. The van der Waals surface area contributed by atoms with Gasteiger partial charge in [0.25, 0.3) is 0 Å². The summed E-state index contributed by atoms with van der Waals surface area (Å²) < 4.78 is 0. The SMILES string of the molecule is CC(C)=NOC(C)(C)C. The summed E-state index contributed by atoms with van der Waals surface area (Å²) >= 11 is 0. The van der Waals surface area contributed by atoms with E-state index < -0.39 is 0 Å². The molecule has 0 bridgehead atoms. The molecule has 0 N–H and O–H groups in total. The van der Waals surface area contributed by atoms with Crippen LogP contribution in [0.25, 0.3) is 0 Å². The zero-order chi connectivity index (χ0) is 7.49. The molecule has 9 heavy (non-hydrogen) atoms. The minimum absolute atomic E-state index is 0.155. The molecule has 0 aromatic rings. The summed E-state index contributed by atoms with van der Waals surface area (Å²) in [5, 5.41) is 3.81. The Labute approximate surface area is 56.9 Å². The highest BCUT2D eigenvalue weighted by atomic mass is 16.6. The molecule has 0 fully saturated rings. The molecule has 0 spiro atoms. The smallest absolute Gasteiger partial charge is 0.129 e. The van der Waals surface area contributed by atoms with Gasteiger partial charge in [-0.1, -0.05) is 5.16 Å². The van der Waals surface area contributed by atoms with Crippen molar-refractivity contribution < 1.29 is 4.84 Å². The van der Waals surface area contributed by atoms with Crippen molar-refractivity contribution in [2.75, 3.05) is 0 Å². The highest BCUT2D eigenvalue weighted by Gasteiger charge is 2.09. The van der Waals surface area contributed by atoms with Crippen molar-refractivity contribution in [2.45, 2.75) is 40.2 Å². The van der Waals surface area contributed by atoms with Crippen LogP contribution in [-0.4, -0.2) is 11.3 Å². The van der Waals surface area contributed by atoms with Gasteiger partial charge in [0.05, 0.1) is 5.71 Å². The molecular weight excluding hydrogens is 114 g/mol. The van der Waals surface area contributed by atoms with Gasteiger partial charge >= 0.3 is 0 Å². The Balaban J connectivity index is 3.64. The molecule has 0 aromatic carbocycles. The fraction of sp³-hybridized carbons (Fsp3) is 0.857. The molecule has 0 aliphatic carbocycles. The zero-order valence-electron chi connectivity index (χ0n) is 6.86. The van der Waals surface area contributed by atoms with E-state index in [1.807, 2.05) is 34.6 Å². The molecule has 0 rings (SSSR count). The maximum absolute atomic E-state index is 5.08. The lowest BCUT2D eigenvalue weighted by Gasteiger charge is -2.15. The zero-order valence-corrected chi connectivity index (χ0v) is 6.86. The lowest BCUT2D eigenvalue weighted by Crippen LogP contribution is -2.15. The van der Waals surface area contributed by atoms with Crippen LogP contribution in [0.1, 0.15) is 34.6 Å². The van der Waals surface area contributed by atoms with E-state index in [2.05, 4.69) is 5.16 Å². The largest absolute Gasteiger partial charge is 0.390 e. The predicted molar refractivity (Wildman–Crippen MR) is 39.6 cm³/mol. The van der Waals surface area contributed by atoms with Crippen molar-refractivity contribution in [3.63, 3.8) is 0 Å². The number of nitrogens with zero attached hydrogens (tertiary/aromatic N) is 1. The highest BCUT2D eigenvalue weighted by Crippen LogP contribution is 2.06. The first-order chi connectivity index (χ1) is 3.92. The lowest BCUT2D eigenvalue weighted by atomic mass is 10.2. The summed E-state index contributed by atoms with van der Waals surface area (Å²) in [5.74, 6) is 0. The van der Waals surface area contributed by atoms with Crippen LogP contribution in [0.5, 0.6) is 0 Å². The summed E-state index contributed by atoms with van der Waals surface area (Å²) in [6, 6.07) is 0. The molecule has 0 unspecified atom stereocenters. The number of oxime groups is 1. The fourth-order valence-corrected chi connectivity index (χ4v) is 0.228. The molecule has 2 heteroatoms. The van der Waals surface area contributed by atoms with Crippen LogP contribution in [0, 0.1) is 0 Å². The molecule has 0 atom stereocenters. The Hall–Kier alpha value is -0.530. The van der Waals surface area contributed by atoms with E-state index in [9.17, 15) is 0 Å². The maximum atomic E-state index is 5.08. The van der Waals surface area contributed by atoms with Crippen molar-refractivity contribution in [1.82, 2.24) is 0 Å². The number of rotatable bonds is 1. The second kappa shape index (κ2) is 2.85. The second-order valence-electron chi connectivity index (χ2n) is 3.24. The van der Waals surface area contributed by atoms with E-state index in [1.54, 1.807) is 0 Å². The van der Waals surface area contributed by atoms with E-state index >= 15 is 0 Å². The standard InChI is InChI=1S/C7H15NO/c1-6(2)8-9-7(3,4)5/h1-5H3. The molecular formula is C7H15NO. The molecule has 0 aliphatic rings. The maximum Gasteiger partial charge on any atom is 0.129 e. The minimum atomic E-state index is -0.155. The van der Waals surface area contributed by atoms with Gasteiger partial charge in [-0.15, -0.1) is 0 Å². The monoisotopic (exact) mass is 129 g/mol. The van der Waals surface area contributed by atoms with Crippen molar-refractivity contribution in [3.05, 3.63) is 0 Å². The van der Waals surface area contributed by atoms with Gasteiger partial charge in [-0.2, -0.15) is 0 Å². The van der Waals surface area contributed by atoms with Gasteiger partial charge in [0.2, 0.25) is 0 Å². The number of hydrogen-bond acceptors (Lipinski definition) is 2. The van der Waals surface area contributed by atoms with Gasteiger partial charge in [0.1, 0.15) is 5.60 Å². The molecule has 0 amide bonds. The van der Waals surface area contributed by atoms with Gasteiger partial charge in [-0.05, 0) is 34.6 Å². The van der Waals surface area contributed by atoms with E-state index in [1.165, 1.54) is 0 Å². The van der Waals surface area contributed by atoms with E-state index in [0.29, 0.717) is 0 Å². The first-order valence-electron chi connectivity index (χ1n) is 3.11. The summed E-state index contributed by atoms with van der Waals surface area (Å²) in [5.41, 5.74) is 0.794. The third kappa shape index (κ3) is 7.47. The Morgan fingerprint density at radius 1 is 1.22 bits per heavy atom. The first-order valence-corrected chi connectivity index (χ1v) is 3.11. The lowest BCUT2D eigenvalue weighted by molar-refractivity contribution is 0.000731. The second-order valence-corrected chi connectivity index (χ2v) is 3.24. The van der Waals surface area contributed by atoms with Gasteiger partial charge in [-0.3, -0.25) is 0 Å². The van der Waals surface area contributed by atoms with Crippen LogP contribution in [0.4, 0.5) is 0 Å². The first kappa shape index (κ1) is 8.47. The van der Waals surface area contributed by atoms with Crippen LogP contribution in [0.3, 0.4) is 0 Å². The van der Waals surface area contributed by atoms with Crippen LogP contribution in [-0.2, 0) is 4.84 Å². The predicted octanol–water partition coefficient (Wildman–Crippen LogP) is 2.20. The van der Waals surface area contributed by atoms with Crippen molar-refractivity contribution in [1.29, 1.82) is 0 Å². The van der Waals surface area contributed by atoms with Gasteiger partial charge in [0.15, 0.2) is 0 Å². The fourth-order valence-electron chi connectivity index (χ4n) is 0.228. The molecule has 54 valence electrons. The molecule has 0 saturated carbocycles. The third-order valence-electron chi connectivity index (χ3n) is 0.502. The Bertz CT molecular complexity index is 107. The summed E-state index contributed by atoms with van der Waals surface area (Å²) in [7, 11) is 0. The topological polar surface area (TPSA) is 21.6 Å². The number of hydrogen-bond donors (Lipinski definition) is 0. The normalized spacial score (nSPS) is 10.8. The van der Waals surface area contributed by atoms with Crippen LogP contribution in [0.2, 0.25) is 0 Å². The Morgan fingerprint density at radius 2 is 1.67 bits per heavy atom.